The van der Waals surface area contributed by atoms with Crippen LogP contribution in [0.3, 0.4) is 0 Å². The van der Waals surface area contributed by atoms with Crippen molar-refractivity contribution in [3.05, 3.63) is 51.9 Å². The molecule has 31 heavy (non-hydrogen) atoms. The molecule has 2 heterocycles. The van der Waals surface area contributed by atoms with E-state index in [-0.39, 0.29) is 19.1 Å². The predicted molar refractivity (Wildman–Crippen MR) is 121 cm³/mol. The summed E-state index contributed by atoms with van der Waals surface area (Å²) in [5.41, 5.74) is 9.06. The van der Waals surface area contributed by atoms with Crippen molar-refractivity contribution in [3.63, 3.8) is 0 Å². The Labute approximate surface area is 186 Å². The second-order valence-electron chi connectivity index (χ2n) is 8.13. The van der Waals surface area contributed by atoms with Crippen molar-refractivity contribution in [2.24, 2.45) is 11.7 Å². The lowest BCUT2D eigenvalue weighted by molar-refractivity contribution is -0.125. The van der Waals surface area contributed by atoms with E-state index >= 15 is 0 Å². The van der Waals surface area contributed by atoms with Crippen LogP contribution in [0.25, 0.3) is 0 Å². The Bertz CT molecular complexity index is 969. The fourth-order valence-electron chi connectivity index (χ4n) is 3.88. The molecule has 1 aromatic carbocycles. The van der Waals surface area contributed by atoms with Crippen molar-refractivity contribution in [2.75, 3.05) is 18.5 Å². The number of thiophene rings is 1. The van der Waals surface area contributed by atoms with E-state index < -0.39 is 17.9 Å². The van der Waals surface area contributed by atoms with Crippen molar-refractivity contribution >= 4 is 34.1 Å². The molecule has 3 rings (SSSR count). The molecule has 0 saturated heterocycles. The minimum Gasteiger partial charge on any atom is -0.462 e. The van der Waals surface area contributed by atoms with Crippen molar-refractivity contribution in [3.8, 4) is 0 Å². The second kappa shape index (κ2) is 10.1. The highest BCUT2D eigenvalue weighted by Gasteiger charge is 2.31. The van der Waals surface area contributed by atoms with Crippen LogP contribution in [0.15, 0.2) is 29.6 Å². The molecule has 2 amide bonds. The molecule has 166 valence electrons. The second-order valence-corrected chi connectivity index (χ2v) is 9.01. The first-order valence-corrected chi connectivity index (χ1v) is 11.4. The van der Waals surface area contributed by atoms with E-state index in [4.69, 9.17) is 10.5 Å². The zero-order valence-electron chi connectivity index (χ0n) is 18.1. The number of ether oxygens (including phenoxy) is 1. The molecule has 0 saturated carbocycles. The molecule has 8 heteroatoms. The van der Waals surface area contributed by atoms with Gasteiger partial charge in [-0.2, -0.15) is 0 Å². The Morgan fingerprint density at radius 3 is 2.61 bits per heavy atom. The zero-order chi connectivity index (χ0) is 22.5. The SMILES string of the molecule is CCOC(=O)c1c(CC(C)C)csc1NC(=O)CN1Cc2ccccc2CC1C(N)=O. The smallest absolute Gasteiger partial charge is 0.341 e. The largest absolute Gasteiger partial charge is 0.462 e. The van der Waals surface area contributed by atoms with Gasteiger partial charge < -0.3 is 15.8 Å². The predicted octanol–water partition coefficient (Wildman–Crippen LogP) is 2.97. The quantitative estimate of drug-likeness (QED) is 0.611. The van der Waals surface area contributed by atoms with Crippen LogP contribution in [0.5, 0.6) is 0 Å². The van der Waals surface area contributed by atoms with Gasteiger partial charge in [0.25, 0.3) is 0 Å². The lowest BCUT2D eigenvalue weighted by Crippen LogP contribution is -2.50. The van der Waals surface area contributed by atoms with Crippen molar-refractivity contribution in [1.29, 1.82) is 0 Å². The van der Waals surface area contributed by atoms with Gasteiger partial charge in [0.1, 0.15) is 5.00 Å². The van der Waals surface area contributed by atoms with Gasteiger partial charge >= 0.3 is 5.97 Å². The van der Waals surface area contributed by atoms with Crippen molar-refractivity contribution in [2.45, 2.75) is 46.2 Å². The fraction of sp³-hybridized carbons (Fsp3) is 0.435. The van der Waals surface area contributed by atoms with Crippen molar-refractivity contribution < 1.29 is 19.1 Å². The number of nitrogens with two attached hydrogens (primary N) is 1. The van der Waals surface area contributed by atoms with Gasteiger partial charge in [0.15, 0.2) is 0 Å². The number of fused-ring (bicyclic) bond motifs is 1. The van der Waals surface area contributed by atoms with Gasteiger partial charge in [-0.1, -0.05) is 38.1 Å². The maximum atomic E-state index is 12.9. The zero-order valence-corrected chi connectivity index (χ0v) is 19.0. The van der Waals surface area contributed by atoms with Crippen molar-refractivity contribution in [1.82, 2.24) is 4.90 Å². The molecule has 0 bridgehead atoms. The number of carbonyl (C=O) groups excluding carboxylic acids is 3. The van der Waals surface area contributed by atoms with E-state index in [0.717, 1.165) is 16.7 Å². The maximum absolute atomic E-state index is 12.9. The molecule has 1 aliphatic heterocycles. The molecule has 0 aliphatic carbocycles. The van der Waals surface area contributed by atoms with Crippen LogP contribution in [0.4, 0.5) is 5.00 Å². The van der Waals surface area contributed by atoms with Gasteiger partial charge in [0.05, 0.1) is 24.8 Å². The monoisotopic (exact) mass is 443 g/mol. The van der Waals surface area contributed by atoms with Gasteiger partial charge in [0, 0.05) is 6.54 Å². The summed E-state index contributed by atoms with van der Waals surface area (Å²) in [6, 6.07) is 7.30. The van der Waals surface area contributed by atoms with Crippen LogP contribution in [-0.2, 0) is 33.7 Å². The highest BCUT2D eigenvalue weighted by molar-refractivity contribution is 7.15. The number of benzene rings is 1. The first-order chi connectivity index (χ1) is 14.8. The number of nitrogens with zero attached hydrogens (tertiary/aromatic N) is 1. The Balaban J connectivity index is 1.77. The molecule has 3 N–H and O–H groups in total. The van der Waals surface area contributed by atoms with Gasteiger partial charge in [0.2, 0.25) is 11.8 Å². The highest BCUT2D eigenvalue weighted by Crippen LogP contribution is 2.31. The number of esters is 1. The van der Waals surface area contributed by atoms with E-state index in [1.807, 2.05) is 29.6 Å². The number of hydrogen-bond donors (Lipinski definition) is 2. The average Bonchev–Trinajstić information content (AvgIpc) is 3.08. The summed E-state index contributed by atoms with van der Waals surface area (Å²) < 4.78 is 5.21. The summed E-state index contributed by atoms with van der Waals surface area (Å²) in [6.45, 7) is 6.62. The number of hydrogen-bond acceptors (Lipinski definition) is 6. The van der Waals surface area contributed by atoms with Crippen LogP contribution < -0.4 is 11.1 Å². The van der Waals surface area contributed by atoms with E-state index in [2.05, 4.69) is 19.2 Å². The number of anilines is 1. The summed E-state index contributed by atoms with van der Waals surface area (Å²) in [6.07, 6.45) is 1.19. The summed E-state index contributed by atoms with van der Waals surface area (Å²) in [7, 11) is 0. The van der Waals surface area contributed by atoms with E-state index in [0.29, 0.717) is 35.9 Å². The highest BCUT2D eigenvalue weighted by atomic mass is 32.1. The van der Waals surface area contributed by atoms with E-state index in [1.54, 1.807) is 11.8 Å². The molecule has 0 fully saturated rings. The van der Waals surface area contributed by atoms with Crippen LogP contribution >= 0.6 is 11.3 Å². The normalized spacial score (nSPS) is 16.1. The number of nitrogens with one attached hydrogen (secondary N) is 1. The Kier molecular flexibility index (Phi) is 7.46. The number of amides is 2. The third-order valence-electron chi connectivity index (χ3n) is 5.25. The maximum Gasteiger partial charge on any atom is 0.341 e. The van der Waals surface area contributed by atoms with Crippen LogP contribution in [-0.4, -0.2) is 41.9 Å². The standard InChI is InChI=1S/C23H29N3O4S/c1-4-30-23(29)20-17(9-14(2)3)13-31-22(20)25-19(27)12-26-11-16-8-6-5-7-15(16)10-18(26)21(24)28/h5-8,13-14,18H,4,9-12H2,1-3H3,(H2,24,28)(H,25,27). The molecule has 1 aromatic heterocycles. The third-order valence-corrected chi connectivity index (χ3v) is 6.19. The molecule has 0 radical (unpaired) electrons. The van der Waals surface area contributed by atoms with Gasteiger partial charge in [-0.05, 0) is 47.8 Å². The number of carbonyl (C=O) groups is 3. The lowest BCUT2D eigenvalue weighted by Gasteiger charge is -2.34. The van der Waals surface area contributed by atoms with Crippen LogP contribution in [0, 0.1) is 5.92 Å². The molecule has 1 atom stereocenters. The summed E-state index contributed by atoms with van der Waals surface area (Å²) in [5.74, 6) is -0.827. The summed E-state index contributed by atoms with van der Waals surface area (Å²) >= 11 is 1.32. The summed E-state index contributed by atoms with van der Waals surface area (Å²) in [5, 5.41) is 5.23. The van der Waals surface area contributed by atoms with Gasteiger partial charge in [-0.3, -0.25) is 14.5 Å². The molecule has 1 unspecified atom stereocenters. The fourth-order valence-corrected chi connectivity index (χ4v) is 4.86. The average molecular weight is 444 g/mol. The topological polar surface area (TPSA) is 102 Å². The number of rotatable bonds is 8. The third kappa shape index (κ3) is 5.51. The summed E-state index contributed by atoms with van der Waals surface area (Å²) in [4.78, 5) is 39.2. The Morgan fingerprint density at radius 1 is 1.26 bits per heavy atom. The molecule has 2 aromatic rings. The minimum atomic E-state index is -0.551. The molecular weight excluding hydrogens is 414 g/mol. The van der Waals surface area contributed by atoms with Crippen LogP contribution in [0.1, 0.15) is 47.8 Å². The molecule has 7 nitrogen and oxygen atoms in total. The Hall–Kier alpha value is -2.71. The Morgan fingerprint density at radius 2 is 1.97 bits per heavy atom. The van der Waals surface area contributed by atoms with Gasteiger partial charge in [-0.25, -0.2) is 4.79 Å². The molecule has 0 spiro atoms. The first kappa shape index (κ1) is 23.0. The minimum absolute atomic E-state index is 0.00161. The number of primary amides is 1. The van der Waals surface area contributed by atoms with E-state index in [1.165, 1.54) is 11.3 Å². The van der Waals surface area contributed by atoms with Crippen LogP contribution in [0.2, 0.25) is 0 Å². The molecule has 1 aliphatic rings. The molecular formula is C23H29N3O4S. The van der Waals surface area contributed by atoms with E-state index in [9.17, 15) is 14.4 Å². The van der Waals surface area contributed by atoms with Gasteiger partial charge in [-0.15, -0.1) is 11.3 Å². The first-order valence-electron chi connectivity index (χ1n) is 10.5. The lowest BCUT2D eigenvalue weighted by atomic mass is 9.93.